The summed E-state index contributed by atoms with van der Waals surface area (Å²) in [6.07, 6.45) is 0.902. The molecule has 0 aliphatic carbocycles. The van der Waals surface area contributed by atoms with E-state index in [0.717, 1.165) is 29.0 Å². The fourth-order valence-corrected chi connectivity index (χ4v) is 6.13. The molecule has 1 amide bonds. The first-order valence-electron chi connectivity index (χ1n) is 10.6. The molecule has 2 aromatic rings. The monoisotopic (exact) mass is 428 g/mol. The van der Waals surface area contributed by atoms with Crippen molar-refractivity contribution in [3.63, 3.8) is 0 Å². The van der Waals surface area contributed by atoms with E-state index in [9.17, 15) is 13.2 Å². The molecule has 1 saturated heterocycles. The van der Waals surface area contributed by atoms with Crippen LogP contribution in [-0.2, 0) is 27.8 Å². The number of fused-ring (bicyclic) bond motifs is 1. The van der Waals surface area contributed by atoms with Crippen molar-refractivity contribution in [3.8, 4) is 0 Å². The van der Waals surface area contributed by atoms with Crippen LogP contribution in [0.25, 0.3) is 0 Å². The highest BCUT2D eigenvalue weighted by atomic mass is 32.2. The zero-order chi connectivity index (χ0) is 21.3. The van der Waals surface area contributed by atoms with Gasteiger partial charge in [-0.3, -0.25) is 4.79 Å². The maximum Gasteiger partial charge on any atom is 0.278 e. The topological polar surface area (TPSA) is 62.1 Å². The van der Waals surface area contributed by atoms with Crippen LogP contribution in [0.5, 0.6) is 0 Å². The zero-order valence-corrected chi connectivity index (χ0v) is 18.5. The van der Waals surface area contributed by atoms with Crippen molar-refractivity contribution in [2.24, 2.45) is 0 Å². The molecule has 0 saturated carbocycles. The smallest absolute Gasteiger partial charge is 0.278 e. The van der Waals surface area contributed by atoms with E-state index in [1.54, 1.807) is 10.4 Å². The molecule has 30 heavy (non-hydrogen) atoms. The Bertz CT molecular complexity index is 1040. The Morgan fingerprint density at radius 1 is 1.00 bits per heavy atom. The standard InChI is InChI=1S/C23H29N3O3S/c1-18-7-8-22(19(2)15-18)30(28,29)26-13-11-24(12-14-26)17-23(27)25-10-9-20-5-3-4-6-21(20)16-25/h3-8,15H,9-14,16-17H2,1-2H3/p+1. The van der Waals surface area contributed by atoms with E-state index in [-0.39, 0.29) is 5.91 Å². The fraction of sp³-hybridized carbons (Fsp3) is 0.435. The Kier molecular flexibility index (Phi) is 5.95. The van der Waals surface area contributed by atoms with Gasteiger partial charge in [-0.15, -0.1) is 0 Å². The van der Waals surface area contributed by atoms with E-state index in [1.807, 2.05) is 43.0 Å². The van der Waals surface area contributed by atoms with Gasteiger partial charge in [0.05, 0.1) is 31.1 Å². The minimum absolute atomic E-state index is 0.158. The van der Waals surface area contributed by atoms with Gasteiger partial charge in [0.2, 0.25) is 10.0 Å². The van der Waals surface area contributed by atoms with Crippen molar-refractivity contribution < 1.29 is 18.1 Å². The molecule has 2 aliphatic heterocycles. The van der Waals surface area contributed by atoms with Crippen LogP contribution in [0.2, 0.25) is 0 Å². The fourth-order valence-electron chi connectivity index (χ4n) is 4.48. The SMILES string of the molecule is Cc1ccc(S(=O)(=O)N2CC[NH+](CC(=O)N3CCc4ccccc4C3)CC2)c(C)c1. The summed E-state index contributed by atoms with van der Waals surface area (Å²) in [5.41, 5.74) is 4.40. The maximum atomic E-state index is 13.1. The van der Waals surface area contributed by atoms with Crippen LogP contribution in [-0.4, -0.2) is 62.8 Å². The van der Waals surface area contributed by atoms with Crippen LogP contribution >= 0.6 is 0 Å². The molecule has 7 heteroatoms. The van der Waals surface area contributed by atoms with Crippen LogP contribution in [0.15, 0.2) is 47.4 Å². The molecule has 6 nitrogen and oxygen atoms in total. The number of hydrogen-bond acceptors (Lipinski definition) is 3. The van der Waals surface area contributed by atoms with Crippen LogP contribution in [0.4, 0.5) is 0 Å². The number of sulfonamides is 1. The Labute approximate surface area is 179 Å². The Morgan fingerprint density at radius 3 is 2.40 bits per heavy atom. The molecule has 0 atom stereocenters. The predicted octanol–water partition coefficient (Wildman–Crippen LogP) is 0.778. The van der Waals surface area contributed by atoms with E-state index in [2.05, 4.69) is 12.1 Å². The number of nitrogens with zero attached hydrogens (tertiary/aromatic N) is 2. The summed E-state index contributed by atoms with van der Waals surface area (Å²) in [4.78, 5) is 16.3. The highest BCUT2D eigenvalue weighted by Crippen LogP contribution is 2.21. The number of aryl methyl sites for hydroxylation is 2. The average Bonchev–Trinajstić information content (AvgIpc) is 2.73. The Balaban J connectivity index is 1.34. The molecule has 0 unspecified atom stereocenters. The van der Waals surface area contributed by atoms with Crippen LogP contribution in [0.3, 0.4) is 0 Å². The first-order chi connectivity index (χ1) is 14.3. The number of carbonyl (C=O) groups excluding carboxylic acids is 1. The lowest BCUT2D eigenvalue weighted by Crippen LogP contribution is -3.15. The van der Waals surface area contributed by atoms with E-state index in [4.69, 9.17) is 0 Å². The van der Waals surface area contributed by atoms with Crippen molar-refractivity contribution in [1.29, 1.82) is 0 Å². The minimum Gasteiger partial charge on any atom is -0.333 e. The largest absolute Gasteiger partial charge is 0.333 e. The van der Waals surface area contributed by atoms with E-state index in [0.29, 0.717) is 44.2 Å². The summed E-state index contributed by atoms with van der Waals surface area (Å²) in [5, 5.41) is 0. The number of hydrogen-bond donors (Lipinski definition) is 1. The van der Waals surface area contributed by atoms with Gasteiger partial charge in [-0.05, 0) is 43.0 Å². The first-order valence-corrected chi connectivity index (χ1v) is 12.0. The molecule has 0 radical (unpaired) electrons. The molecule has 0 spiro atoms. The van der Waals surface area contributed by atoms with Gasteiger partial charge in [0.25, 0.3) is 5.91 Å². The number of benzene rings is 2. The second-order valence-electron chi connectivity index (χ2n) is 8.43. The van der Waals surface area contributed by atoms with E-state index >= 15 is 0 Å². The van der Waals surface area contributed by atoms with Gasteiger partial charge in [-0.25, -0.2) is 8.42 Å². The van der Waals surface area contributed by atoms with Crippen molar-refractivity contribution in [2.75, 3.05) is 39.3 Å². The predicted molar refractivity (Wildman–Crippen MR) is 116 cm³/mol. The quantitative estimate of drug-likeness (QED) is 0.783. The summed E-state index contributed by atoms with van der Waals surface area (Å²) in [5.74, 6) is 0.158. The number of rotatable bonds is 4. The Morgan fingerprint density at radius 2 is 1.70 bits per heavy atom. The van der Waals surface area contributed by atoms with E-state index < -0.39 is 10.0 Å². The molecule has 160 valence electrons. The van der Waals surface area contributed by atoms with Gasteiger partial charge in [-0.2, -0.15) is 4.31 Å². The molecule has 2 heterocycles. The Hall–Kier alpha value is -2.22. The van der Waals surface area contributed by atoms with Crippen LogP contribution < -0.4 is 4.90 Å². The van der Waals surface area contributed by atoms with Gasteiger partial charge >= 0.3 is 0 Å². The zero-order valence-electron chi connectivity index (χ0n) is 17.7. The molecule has 2 aliphatic rings. The minimum atomic E-state index is -3.49. The van der Waals surface area contributed by atoms with Crippen molar-refractivity contribution in [3.05, 3.63) is 64.7 Å². The summed E-state index contributed by atoms with van der Waals surface area (Å²) in [6.45, 7) is 7.87. The second kappa shape index (κ2) is 8.49. The molecule has 0 aromatic heterocycles. The van der Waals surface area contributed by atoms with Crippen molar-refractivity contribution in [2.45, 2.75) is 31.7 Å². The lowest BCUT2D eigenvalue weighted by Gasteiger charge is -2.34. The lowest BCUT2D eigenvalue weighted by atomic mass is 10.00. The highest BCUT2D eigenvalue weighted by molar-refractivity contribution is 7.89. The van der Waals surface area contributed by atoms with Crippen LogP contribution in [0.1, 0.15) is 22.3 Å². The third-order valence-corrected chi connectivity index (χ3v) is 8.32. The average molecular weight is 429 g/mol. The number of amides is 1. The molecule has 4 rings (SSSR count). The summed E-state index contributed by atoms with van der Waals surface area (Å²) in [7, 11) is -3.49. The summed E-state index contributed by atoms with van der Waals surface area (Å²) in [6, 6.07) is 13.8. The van der Waals surface area contributed by atoms with Crippen LogP contribution in [0, 0.1) is 13.8 Å². The summed E-state index contributed by atoms with van der Waals surface area (Å²) >= 11 is 0. The summed E-state index contributed by atoms with van der Waals surface area (Å²) < 4.78 is 27.7. The molecule has 0 bridgehead atoms. The number of quaternary nitrogens is 1. The number of piperazine rings is 1. The molecule has 2 aromatic carbocycles. The van der Waals surface area contributed by atoms with Gasteiger partial charge in [0, 0.05) is 13.1 Å². The lowest BCUT2D eigenvalue weighted by molar-refractivity contribution is -0.896. The molecule has 1 fully saturated rings. The normalized spacial score (nSPS) is 18.3. The highest BCUT2D eigenvalue weighted by Gasteiger charge is 2.33. The first kappa shape index (κ1) is 21.0. The number of nitrogens with one attached hydrogen (secondary N) is 1. The van der Waals surface area contributed by atoms with Crippen molar-refractivity contribution in [1.82, 2.24) is 9.21 Å². The van der Waals surface area contributed by atoms with Gasteiger partial charge in [-0.1, -0.05) is 42.0 Å². The second-order valence-corrected chi connectivity index (χ2v) is 10.3. The van der Waals surface area contributed by atoms with E-state index in [1.165, 1.54) is 11.1 Å². The molecular weight excluding hydrogens is 398 g/mol. The number of carbonyl (C=O) groups is 1. The molecular formula is C23H30N3O3S+. The third kappa shape index (κ3) is 4.29. The van der Waals surface area contributed by atoms with Gasteiger partial charge < -0.3 is 9.80 Å². The molecule has 1 N–H and O–H groups in total. The maximum absolute atomic E-state index is 13.1. The third-order valence-electron chi connectivity index (χ3n) is 6.26. The van der Waals surface area contributed by atoms with Gasteiger partial charge in [0.15, 0.2) is 6.54 Å². The van der Waals surface area contributed by atoms with Gasteiger partial charge in [0.1, 0.15) is 0 Å². The van der Waals surface area contributed by atoms with Crippen molar-refractivity contribution >= 4 is 15.9 Å².